The Balaban J connectivity index is 2.16. The number of esters is 1. The first kappa shape index (κ1) is 12.2. The summed E-state index contributed by atoms with van der Waals surface area (Å²) in [4.78, 5) is 19.2. The van der Waals surface area contributed by atoms with Gasteiger partial charge in [0.1, 0.15) is 25.0 Å². The molecule has 0 atom stereocenters. The van der Waals surface area contributed by atoms with Gasteiger partial charge in [0.2, 0.25) is 0 Å². The van der Waals surface area contributed by atoms with Crippen LogP contribution in [-0.4, -0.2) is 42.6 Å². The molecule has 0 unspecified atom stereocenters. The molecule has 0 spiro atoms. The molecule has 0 fully saturated rings. The molecule has 0 bridgehead atoms. The number of ether oxygens (including phenoxy) is 1. The van der Waals surface area contributed by atoms with E-state index in [0.717, 1.165) is 5.82 Å². The highest BCUT2D eigenvalue weighted by Gasteiger charge is 2.13. The first-order valence-corrected chi connectivity index (χ1v) is 5.48. The Hall–Kier alpha value is -2.25. The average Bonchev–Trinajstić information content (AvgIpc) is 2.97. The zero-order valence-electron chi connectivity index (χ0n) is 10.4. The summed E-state index contributed by atoms with van der Waals surface area (Å²) in [6.45, 7) is 4.43. The summed E-state index contributed by atoms with van der Waals surface area (Å²) in [5.41, 5.74) is 0. The minimum Gasteiger partial charge on any atom is -0.463 e. The van der Waals surface area contributed by atoms with Gasteiger partial charge in [-0.2, -0.15) is 5.10 Å². The van der Waals surface area contributed by atoms with Crippen molar-refractivity contribution in [2.75, 3.05) is 7.11 Å². The normalized spacial score (nSPS) is 10.9. The number of aromatic nitrogens is 6. The lowest BCUT2D eigenvalue weighted by atomic mass is 10.4. The lowest BCUT2D eigenvalue weighted by molar-refractivity contribution is 0.0586. The molecule has 8 nitrogen and oxygen atoms in total. The van der Waals surface area contributed by atoms with Crippen LogP contribution in [0.15, 0.2) is 12.7 Å². The molecule has 96 valence electrons. The fourth-order valence-electron chi connectivity index (χ4n) is 1.52. The Labute approximate surface area is 104 Å². The van der Waals surface area contributed by atoms with Gasteiger partial charge in [-0.3, -0.25) is 0 Å². The van der Waals surface area contributed by atoms with Crippen molar-refractivity contribution >= 4 is 5.97 Å². The summed E-state index contributed by atoms with van der Waals surface area (Å²) >= 11 is 0. The summed E-state index contributed by atoms with van der Waals surface area (Å²) < 4.78 is 7.85. The quantitative estimate of drug-likeness (QED) is 0.724. The van der Waals surface area contributed by atoms with Gasteiger partial charge < -0.3 is 4.74 Å². The highest BCUT2D eigenvalue weighted by atomic mass is 16.5. The molecule has 0 saturated heterocycles. The predicted molar refractivity (Wildman–Crippen MR) is 60.9 cm³/mol. The molecule has 0 N–H and O–H groups in total. The largest absolute Gasteiger partial charge is 0.463 e. The minimum absolute atomic E-state index is 0.0353. The van der Waals surface area contributed by atoms with Crippen molar-refractivity contribution in [3.8, 4) is 0 Å². The first-order chi connectivity index (χ1) is 8.61. The highest BCUT2D eigenvalue weighted by Crippen LogP contribution is 2.06. The Bertz CT molecular complexity index is 544. The molecule has 0 amide bonds. The van der Waals surface area contributed by atoms with Gasteiger partial charge in [-0.25, -0.2) is 24.1 Å². The smallest absolute Gasteiger partial charge is 0.377 e. The fourth-order valence-corrected chi connectivity index (χ4v) is 1.52. The van der Waals surface area contributed by atoms with Crippen molar-refractivity contribution in [2.45, 2.75) is 26.4 Å². The monoisotopic (exact) mass is 250 g/mol. The average molecular weight is 250 g/mol. The molecule has 0 aromatic carbocycles. The Kier molecular flexibility index (Phi) is 3.35. The third kappa shape index (κ3) is 2.36. The van der Waals surface area contributed by atoms with Crippen LogP contribution in [0.4, 0.5) is 0 Å². The highest BCUT2D eigenvalue weighted by molar-refractivity contribution is 5.84. The number of methoxy groups -OCH3 is 1. The molecule has 0 saturated carbocycles. The van der Waals surface area contributed by atoms with E-state index < -0.39 is 5.97 Å². The number of rotatable bonds is 4. The predicted octanol–water partition coefficient (Wildman–Crippen LogP) is 0.285. The van der Waals surface area contributed by atoms with Crippen molar-refractivity contribution in [3.63, 3.8) is 0 Å². The van der Waals surface area contributed by atoms with Crippen LogP contribution in [-0.2, 0) is 11.3 Å². The summed E-state index contributed by atoms with van der Waals surface area (Å²) in [6.07, 6.45) is 2.96. The van der Waals surface area contributed by atoms with Gasteiger partial charge in [0.15, 0.2) is 0 Å². The second-order valence-electron chi connectivity index (χ2n) is 3.97. The molecule has 2 aromatic heterocycles. The molecule has 18 heavy (non-hydrogen) atoms. The van der Waals surface area contributed by atoms with Crippen molar-refractivity contribution in [3.05, 3.63) is 24.3 Å². The summed E-state index contributed by atoms with van der Waals surface area (Å²) in [5, 5.41) is 8.13. The zero-order valence-corrected chi connectivity index (χ0v) is 10.4. The number of hydrogen-bond donors (Lipinski definition) is 0. The standard InChI is InChI=1S/C10H14N6O2/c1-7(2)16-8(11-5-13-16)4-15-6-12-9(14-15)10(17)18-3/h5-7H,4H2,1-3H3. The van der Waals surface area contributed by atoms with Gasteiger partial charge in [-0.15, -0.1) is 5.10 Å². The van der Waals surface area contributed by atoms with Crippen LogP contribution in [0.25, 0.3) is 0 Å². The lowest BCUT2D eigenvalue weighted by Crippen LogP contribution is -2.13. The molecule has 2 heterocycles. The zero-order chi connectivity index (χ0) is 13.1. The third-order valence-corrected chi connectivity index (χ3v) is 2.34. The molecule has 0 radical (unpaired) electrons. The molecule has 2 aromatic rings. The van der Waals surface area contributed by atoms with Crippen LogP contribution in [0.3, 0.4) is 0 Å². The molecular formula is C10H14N6O2. The number of hydrogen-bond acceptors (Lipinski definition) is 6. The lowest BCUT2D eigenvalue weighted by Gasteiger charge is -2.08. The molecule has 2 rings (SSSR count). The summed E-state index contributed by atoms with van der Waals surface area (Å²) in [5.74, 6) is 0.235. The number of nitrogens with zero attached hydrogens (tertiary/aromatic N) is 6. The van der Waals surface area contributed by atoms with Crippen LogP contribution in [0.5, 0.6) is 0 Å². The van der Waals surface area contributed by atoms with E-state index in [1.165, 1.54) is 24.4 Å². The second-order valence-corrected chi connectivity index (χ2v) is 3.97. The molecule has 0 aliphatic carbocycles. The maximum Gasteiger partial charge on any atom is 0.377 e. The molecule has 0 aliphatic heterocycles. The SMILES string of the molecule is COC(=O)c1ncn(Cc2ncnn2C(C)C)n1. The van der Waals surface area contributed by atoms with E-state index in [1.807, 2.05) is 13.8 Å². The van der Waals surface area contributed by atoms with E-state index in [0.29, 0.717) is 6.54 Å². The van der Waals surface area contributed by atoms with E-state index in [-0.39, 0.29) is 11.9 Å². The van der Waals surface area contributed by atoms with E-state index in [1.54, 1.807) is 4.68 Å². The van der Waals surface area contributed by atoms with Crippen molar-refractivity contribution in [1.29, 1.82) is 0 Å². The Morgan fingerprint density at radius 1 is 1.44 bits per heavy atom. The van der Waals surface area contributed by atoms with Crippen molar-refractivity contribution in [2.24, 2.45) is 0 Å². The van der Waals surface area contributed by atoms with E-state index in [4.69, 9.17) is 0 Å². The van der Waals surface area contributed by atoms with Crippen LogP contribution in [0, 0.1) is 0 Å². The summed E-state index contributed by atoms with van der Waals surface area (Å²) in [6, 6.07) is 0.214. The van der Waals surface area contributed by atoms with E-state index >= 15 is 0 Å². The minimum atomic E-state index is -0.556. The fraction of sp³-hybridized carbons (Fsp3) is 0.500. The maximum absolute atomic E-state index is 11.2. The maximum atomic E-state index is 11.2. The van der Waals surface area contributed by atoms with E-state index in [2.05, 4.69) is 24.9 Å². The van der Waals surface area contributed by atoms with Gasteiger partial charge in [-0.1, -0.05) is 0 Å². The van der Waals surface area contributed by atoms with Gasteiger partial charge in [0.25, 0.3) is 5.82 Å². The van der Waals surface area contributed by atoms with Gasteiger partial charge in [0.05, 0.1) is 7.11 Å². The Morgan fingerprint density at radius 3 is 2.89 bits per heavy atom. The molecular weight excluding hydrogens is 236 g/mol. The van der Waals surface area contributed by atoms with Gasteiger partial charge >= 0.3 is 5.97 Å². The topological polar surface area (TPSA) is 87.7 Å². The van der Waals surface area contributed by atoms with Gasteiger partial charge in [0, 0.05) is 6.04 Å². The third-order valence-electron chi connectivity index (χ3n) is 2.34. The van der Waals surface area contributed by atoms with Crippen molar-refractivity contribution < 1.29 is 9.53 Å². The van der Waals surface area contributed by atoms with Crippen LogP contribution in [0.2, 0.25) is 0 Å². The first-order valence-electron chi connectivity index (χ1n) is 5.48. The number of carbonyl (C=O) groups is 1. The number of carbonyl (C=O) groups excluding carboxylic acids is 1. The van der Waals surface area contributed by atoms with E-state index in [9.17, 15) is 4.79 Å². The van der Waals surface area contributed by atoms with Crippen LogP contribution < -0.4 is 0 Å². The van der Waals surface area contributed by atoms with Crippen molar-refractivity contribution in [1.82, 2.24) is 29.5 Å². The van der Waals surface area contributed by atoms with Crippen LogP contribution in [0.1, 0.15) is 36.3 Å². The summed E-state index contributed by atoms with van der Waals surface area (Å²) in [7, 11) is 1.29. The molecule has 8 heteroatoms. The van der Waals surface area contributed by atoms with Gasteiger partial charge in [-0.05, 0) is 13.8 Å². The van der Waals surface area contributed by atoms with Crippen LogP contribution >= 0.6 is 0 Å². The molecule has 0 aliphatic rings. The second kappa shape index (κ2) is 4.94. The Morgan fingerprint density at radius 2 is 2.22 bits per heavy atom.